The normalized spacial score (nSPS) is 17.9. The first-order valence-electron chi connectivity index (χ1n) is 10.2. The molecule has 1 aliphatic rings. The lowest BCUT2D eigenvalue weighted by atomic mass is 9.80. The molecule has 4 heteroatoms. The summed E-state index contributed by atoms with van der Waals surface area (Å²) in [5.41, 5.74) is 2.29. The first-order chi connectivity index (χ1) is 14.7. The van der Waals surface area contributed by atoms with Crippen LogP contribution in [0.15, 0.2) is 84.9 Å². The van der Waals surface area contributed by atoms with Gasteiger partial charge in [0.05, 0.1) is 26.7 Å². The van der Waals surface area contributed by atoms with Crippen molar-refractivity contribution in [2.75, 3.05) is 20.8 Å². The SMILES string of the molecule is COC(=O)C1CC1COC(c1ccccc1)(c1ccccc1)c1ccc(OC)cc1. The molecule has 4 nitrogen and oxygen atoms in total. The fourth-order valence-electron chi connectivity index (χ4n) is 4.03. The van der Waals surface area contributed by atoms with Crippen molar-refractivity contribution >= 4 is 5.97 Å². The van der Waals surface area contributed by atoms with E-state index in [0.717, 1.165) is 28.9 Å². The quantitative estimate of drug-likeness (QED) is 0.401. The number of hydrogen-bond donors (Lipinski definition) is 0. The van der Waals surface area contributed by atoms with Crippen molar-refractivity contribution in [3.8, 4) is 5.75 Å². The average molecular weight is 402 g/mol. The third-order valence-corrected chi connectivity index (χ3v) is 5.80. The van der Waals surface area contributed by atoms with Crippen LogP contribution in [0.25, 0.3) is 0 Å². The first-order valence-corrected chi connectivity index (χ1v) is 10.2. The molecule has 3 aromatic carbocycles. The minimum absolute atomic E-state index is 0.0740. The predicted octanol–water partition coefficient (Wildman–Crippen LogP) is 4.81. The Morgan fingerprint density at radius 2 is 1.37 bits per heavy atom. The number of rotatable bonds is 8. The molecule has 4 rings (SSSR count). The molecule has 2 unspecified atom stereocenters. The lowest BCUT2D eigenvalue weighted by Gasteiger charge is -2.36. The molecule has 3 aromatic rings. The Bertz CT molecular complexity index is 927. The van der Waals surface area contributed by atoms with Crippen LogP contribution < -0.4 is 4.74 Å². The Labute approximate surface area is 177 Å². The van der Waals surface area contributed by atoms with Crippen LogP contribution in [0.1, 0.15) is 23.1 Å². The largest absolute Gasteiger partial charge is 0.497 e. The molecule has 1 aliphatic carbocycles. The van der Waals surface area contributed by atoms with Gasteiger partial charge >= 0.3 is 5.97 Å². The fourth-order valence-corrected chi connectivity index (χ4v) is 4.03. The van der Waals surface area contributed by atoms with Crippen LogP contribution >= 0.6 is 0 Å². The van der Waals surface area contributed by atoms with Gasteiger partial charge in [0.2, 0.25) is 0 Å². The monoisotopic (exact) mass is 402 g/mol. The maximum atomic E-state index is 11.9. The van der Waals surface area contributed by atoms with Crippen molar-refractivity contribution < 1.29 is 19.0 Å². The summed E-state index contributed by atoms with van der Waals surface area (Å²) in [4.78, 5) is 11.9. The molecule has 0 heterocycles. The van der Waals surface area contributed by atoms with E-state index in [4.69, 9.17) is 14.2 Å². The van der Waals surface area contributed by atoms with Crippen LogP contribution in [0, 0.1) is 11.8 Å². The maximum Gasteiger partial charge on any atom is 0.309 e. The Balaban J connectivity index is 1.78. The fraction of sp³-hybridized carbons (Fsp3) is 0.269. The van der Waals surface area contributed by atoms with Crippen molar-refractivity contribution in [2.24, 2.45) is 11.8 Å². The Morgan fingerprint density at radius 3 is 1.87 bits per heavy atom. The van der Waals surface area contributed by atoms with Crippen LogP contribution in [-0.4, -0.2) is 26.8 Å². The van der Waals surface area contributed by atoms with E-state index >= 15 is 0 Å². The van der Waals surface area contributed by atoms with Crippen LogP contribution in [-0.2, 0) is 19.9 Å². The second kappa shape index (κ2) is 8.72. The number of carbonyl (C=O) groups is 1. The average Bonchev–Trinajstić information content (AvgIpc) is 3.60. The summed E-state index contributed by atoms with van der Waals surface area (Å²) in [7, 11) is 3.10. The summed E-state index contributed by atoms with van der Waals surface area (Å²) in [6.07, 6.45) is 0.801. The Kier molecular flexibility index (Phi) is 5.86. The smallest absolute Gasteiger partial charge is 0.309 e. The minimum atomic E-state index is -0.794. The molecular formula is C26H26O4. The number of methoxy groups -OCH3 is 2. The van der Waals surface area contributed by atoms with Gasteiger partial charge in [0, 0.05) is 0 Å². The molecule has 1 fully saturated rings. The van der Waals surface area contributed by atoms with Gasteiger partial charge < -0.3 is 14.2 Å². The molecule has 0 saturated heterocycles. The first kappa shape index (κ1) is 20.2. The van der Waals surface area contributed by atoms with Gasteiger partial charge in [-0.1, -0.05) is 72.8 Å². The lowest BCUT2D eigenvalue weighted by Crippen LogP contribution is -2.34. The van der Waals surface area contributed by atoms with Gasteiger partial charge in [-0.05, 0) is 41.2 Å². The predicted molar refractivity (Wildman–Crippen MR) is 115 cm³/mol. The number of hydrogen-bond acceptors (Lipinski definition) is 4. The van der Waals surface area contributed by atoms with Crippen LogP contribution in [0.5, 0.6) is 5.75 Å². The Morgan fingerprint density at radius 1 is 0.833 bits per heavy atom. The van der Waals surface area contributed by atoms with E-state index in [-0.39, 0.29) is 17.8 Å². The highest BCUT2D eigenvalue weighted by atomic mass is 16.5. The summed E-state index contributed by atoms with van der Waals surface area (Å²) < 4.78 is 17.0. The number of ether oxygens (including phenoxy) is 3. The molecule has 0 aromatic heterocycles. The summed E-state index contributed by atoms with van der Waals surface area (Å²) in [6.45, 7) is 0.468. The number of esters is 1. The molecule has 0 spiro atoms. The van der Waals surface area contributed by atoms with Gasteiger partial charge in [0.1, 0.15) is 11.4 Å². The molecule has 0 N–H and O–H groups in total. The van der Waals surface area contributed by atoms with Crippen LogP contribution in [0.4, 0.5) is 0 Å². The Hall–Kier alpha value is -3.11. The molecule has 0 amide bonds. The highest BCUT2D eigenvalue weighted by Crippen LogP contribution is 2.45. The summed E-state index contributed by atoms with van der Waals surface area (Å²) >= 11 is 0. The van der Waals surface area contributed by atoms with Gasteiger partial charge in [-0.15, -0.1) is 0 Å². The highest BCUT2D eigenvalue weighted by Gasteiger charge is 2.47. The molecule has 0 aliphatic heterocycles. The van der Waals surface area contributed by atoms with Gasteiger partial charge in [-0.3, -0.25) is 4.79 Å². The van der Waals surface area contributed by atoms with Crippen molar-refractivity contribution in [3.63, 3.8) is 0 Å². The van der Waals surface area contributed by atoms with Gasteiger partial charge in [0.15, 0.2) is 0 Å². The van der Waals surface area contributed by atoms with E-state index in [2.05, 4.69) is 24.3 Å². The molecule has 154 valence electrons. The zero-order chi connectivity index (χ0) is 21.0. The molecular weight excluding hydrogens is 376 g/mol. The van der Waals surface area contributed by atoms with E-state index in [0.29, 0.717) is 6.61 Å². The van der Waals surface area contributed by atoms with E-state index in [9.17, 15) is 4.79 Å². The molecule has 1 saturated carbocycles. The zero-order valence-electron chi connectivity index (χ0n) is 17.3. The number of benzene rings is 3. The van der Waals surface area contributed by atoms with Crippen molar-refractivity contribution in [1.82, 2.24) is 0 Å². The van der Waals surface area contributed by atoms with Gasteiger partial charge in [0.25, 0.3) is 0 Å². The highest BCUT2D eigenvalue weighted by molar-refractivity contribution is 5.75. The van der Waals surface area contributed by atoms with Crippen molar-refractivity contribution in [1.29, 1.82) is 0 Å². The molecule has 0 radical (unpaired) electrons. The van der Waals surface area contributed by atoms with Crippen LogP contribution in [0.2, 0.25) is 0 Å². The second-order valence-corrected chi connectivity index (χ2v) is 7.58. The lowest BCUT2D eigenvalue weighted by molar-refractivity contribution is -0.142. The standard InChI is InChI=1S/C26H26O4/c1-28-23-15-13-22(14-16-23)26(20-9-5-3-6-10-20,21-11-7-4-8-12-21)30-18-19-17-24(19)25(27)29-2/h3-16,19,24H,17-18H2,1-2H3. The maximum absolute atomic E-state index is 11.9. The van der Waals surface area contributed by atoms with Crippen LogP contribution in [0.3, 0.4) is 0 Å². The van der Waals surface area contributed by atoms with Gasteiger partial charge in [-0.25, -0.2) is 0 Å². The van der Waals surface area contributed by atoms with Crippen molar-refractivity contribution in [2.45, 2.75) is 12.0 Å². The van der Waals surface area contributed by atoms with Gasteiger partial charge in [-0.2, -0.15) is 0 Å². The molecule has 30 heavy (non-hydrogen) atoms. The minimum Gasteiger partial charge on any atom is -0.497 e. The van der Waals surface area contributed by atoms with Crippen molar-refractivity contribution in [3.05, 3.63) is 102 Å². The number of carbonyl (C=O) groups excluding carboxylic acids is 1. The summed E-state index contributed by atoms with van der Waals surface area (Å²) in [5.74, 6) is 0.734. The third-order valence-electron chi connectivity index (χ3n) is 5.80. The van der Waals surface area contributed by atoms with E-state index in [1.165, 1.54) is 7.11 Å². The topological polar surface area (TPSA) is 44.8 Å². The summed E-state index contributed by atoms with van der Waals surface area (Å²) in [5, 5.41) is 0. The van der Waals surface area contributed by atoms with E-state index in [1.807, 2.05) is 60.7 Å². The molecule has 2 atom stereocenters. The molecule has 0 bridgehead atoms. The van der Waals surface area contributed by atoms with E-state index in [1.54, 1.807) is 7.11 Å². The third kappa shape index (κ3) is 3.83. The zero-order valence-corrected chi connectivity index (χ0v) is 17.3. The second-order valence-electron chi connectivity index (χ2n) is 7.58. The van der Waals surface area contributed by atoms with E-state index < -0.39 is 5.60 Å². The summed E-state index contributed by atoms with van der Waals surface area (Å²) in [6, 6.07) is 28.4.